The molecule has 1 fully saturated rings. The first-order valence-corrected chi connectivity index (χ1v) is 11.7. The average Bonchev–Trinajstić information content (AvgIpc) is 2.81. The summed E-state index contributed by atoms with van der Waals surface area (Å²) in [6, 6.07) is 18.7. The van der Waals surface area contributed by atoms with Crippen molar-refractivity contribution in [3.8, 4) is 11.5 Å². The highest BCUT2D eigenvalue weighted by atomic mass is 79.9. The summed E-state index contributed by atoms with van der Waals surface area (Å²) in [6.45, 7) is 0.342. The van der Waals surface area contributed by atoms with Gasteiger partial charge < -0.3 is 9.47 Å². The van der Waals surface area contributed by atoms with Crippen LogP contribution in [-0.4, -0.2) is 25.0 Å². The van der Waals surface area contributed by atoms with Crippen LogP contribution in [0, 0.1) is 0 Å². The summed E-state index contributed by atoms with van der Waals surface area (Å²) < 4.78 is 13.0. The van der Waals surface area contributed by atoms with Gasteiger partial charge in [0.25, 0.3) is 11.8 Å². The Morgan fingerprint density at radius 1 is 0.912 bits per heavy atom. The number of rotatable bonds is 6. The van der Waals surface area contributed by atoms with E-state index in [1.807, 2.05) is 24.3 Å². The predicted octanol–water partition coefficient (Wildman–Crippen LogP) is 5.47. The lowest BCUT2D eigenvalue weighted by molar-refractivity contribution is -0.122. The minimum atomic E-state index is -0.806. The Kier molecular flexibility index (Phi) is 7.14. The van der Waals surface area contributed by atoms with Gasteiger partial charge in [0, 0.05) is 8.95 Å². The van der Waals surface area contributed by atoms with E-state index >= 15 is 0 Å². The van der Waals surface area contributed by atoms with E-state index in [1.54, 1.807) is 42.5 Å². The van der Waals surface area contributed by atoms with E-state index < -0.39 is 17.8 Å². The number of ether oxygens (including phenoxy) is 2. The Balaban J connectivity index is 1.59. The number of methoxy groups -OCH3 is 1. The van der Waals surface area contributed by atoms with Crippen LogP contribution in [0.1, 0.15) is 11.1 Å². The average molecular weight is 586 g/mol. The van der Waals surface area contributed by atoms with E-state index in [9.17, 15) is 14.4 Å². The molecule has 3 aromatic rings. The molecule has 1 aliphatic rings. The largest absolute Gasteiger partial charge is 0.493 e. The predicted molar refractivity (Wildman–Crippen MR) is 135 cm³/mol. The van der Waals surface area contributed by atoms with Crippen LogP contribution < -0.4 is 19.7 Å². The van der Waals surface area contributed by atoms with E-state index in [-0.39, 0.29) is 5.57 Å². The van der Waals surface area contributed by atoms with E-state index in [4.69, 9.17) is 9.47 Å². The zero-order chi connectivity index (χ0) is 24.2. The minimum Gasteiger partial charge on any atom is -0.493 e. The van der Waals surface area contributed by atoms with Crippen LogP contribution in [-0.2, 0) is 16.2 Å². The van der Waals surface area contributed by atoms with Crippen molar-refractivity contribution in [2.24, 2.45) is 0 Å². The molecule has 0 saturated carbocycles. The molecule has 0 aliphatic carbocycles. The lowest BCUT2D eigenvalue weighted by Gasteiger charge is -2.26. The quantitative estimate of drug-likeness (QED) is 0.306. The molecule has 172 valence electrons. The second-order valence-corrected chi connectivity index (χ2v) is 9.09. The van der Waals surface area contributed by atoms with Gasteiger partial charge in [-0.3, -0.25) is 14.9 Å². The zero-order valence-corrected chi connectivity index (χ0v) is 21.1. The van der Waals surface area contributed by atoms with Gasteiger partial charge in [0.1, 0.15) is 12.2 Å². The molecule has 0 radical (unpaired) electrons. The first-order valence-electron chi connectivity index (χ1n) is 10.1. The molecule has 3 aromatic carbocycles. The SMILES string of the molecule is COc1cc(/C=C2\C(=O)NC(=O)N(c3cccc(Br)c3)C2=O)ccc1OCc1ccc(Br)cc1. The molecule has 4 rings (SSSR count). The van der Waals surface area contributed by atoms with Gasteiger partial charge in [0.2, 0.25) is 0 Å². The number of barbiturate groups is 1. The molecular weight excluding hydrogens is 568 g/mol. The lowest BCUT2D eigenvalue weighted by atomic mass is 10.1. The van der Waals surface area contributed by atoms with Gasteiger partial charge >= 0.3 is 6.03 Å². The molecule has 4 amide bonds. The van der Waals surface area contributed by atoms with Crippen molar-refractivity contribution in [3.63, 3.8) is 0 Å². The summed E-state index contributed by atoms with van der Waals surface area (Å²) >= 11 is 6.73. The third-order valence-corrected chi connectivity index (χ3v) is 6.00. The third-order valence-electron chi connectivity index (χ3n) is 4.97. The Morgan fingerprint density at radius 3 is 2.38 bits per heavy atom. The summed E-state index contributed by atoms with van der Waals surface area (Å²) in [5.74, 6) is -0.537. The fourth-order valence-corrected chi connectivity index (χ4v) is 3.96. The smallest absolute Gasteiger partial charge is 0.335 e. The van der Waals surface area contributed by atoms with Crippen LogP contribution in [0.15, 0.2) is 81.2 Å². The lowest BCUT2D eigenvalue weighted by Crippen LogP contribution is -2.54. The molecule has 0 spiro atoms. The van der Waals surface area contributed by atoms with Crippen LogP contribution >= 0.6 is 31.9 Å². The van der Waals surface area contributed by atoms with Gasteiger partial charge in [-0.2, -0.15) is 0 Å². The van der Waals surface area contributed by atoms with Crippen LogP contribution in [0.25, 0.3) is 6.08 Å². The number of anilines is 1. The standard InChI is InChI=1S/C25H18Br2N2O5/c1-33-22-12-16(7-10-21(22)34-14-15-5-8-17(26)9-6-15)11-20-23(30)28-25(32)29(24(20)31)19-4-2-3-18(27)13-19/h2-13H,14H2,1H3,(H,28,30,32)/b20-11+. The molecule has 0 aromatic heterocycles. The number of hydrogen-bond acceptors (Lipinski definition) is 5. The maximum absolute atomic E-state index is 13.1. The van der Waals surface area contributed by atoms with E-state index in [1.165, 1.54) is 13.2 Å². The second kappa shape index (κ2) is 10.2. The molecule has 1 aliphatic heterocycles. The monoisotopic (exact) mass is 584 g/mol. The van der Waals surface area contributed by atoms with Gasteiger partial charge in [0.15, 0.2) is 11.5 Å². The first-order chi connectivity index (χ1) is 16.4. The highest BCUT2D eigenvalue weighted by Crippen LogP contribution is 2.31. The first kappa shape index (κ1) is 23.7. The minimum absolute atomic E-state index is 0.176. The normalized spacial score (nSPS) is 14.9. The number of carbonyl (C=O) groups is 3. The van der Waals surface area contributed by atoms with Gasteiger partial charge in [-0.15, -0.1) is 0 Å². The number of carbonyl (C=O) groups excluding carboxylic acids is 3. The van der Waals surface area contributed by atoms with Crippen molar-refractivity contribution in [1.82, 2.24) is 5.32 Å². The number of amides is 4. The Hall–Kier alpha value is -3.43. The number of nitrogens with one attached hydrogen (secondary N) is 1. The second-order valence-electron chi connectivity index (χ2n) is 7.26. The van der Waals surface area contributed by atoms with Gasteiger partial charge in [0.05, 0.1) is 12.8 Å². The molecule has 34 heavy (non-hydrogen) atoms. The Morgan fingerprint density at radius 2 is 1.68 bits per heavy atom. The van der Waals surface area contributed by atoms with Crippen molar-refractivity contribution < 1.29 is 23.9 Å². The number of nitrogens with zero attached hydrogens (tertiary/aromatic N) is 1. The Labute approximate surface area is 212 Å². The highest BCUT2D eigenvalue weighted by Gasteiger charge is 2.36. The summed E-state index contributed by atoms with van der Waals surface area (Å²) in [4.78, 5) is 38.8. The third kappa shape index (κ3) is 5.21. The number of halogens is 2. The molecule has 1 heterocycles. The number of benzene rings is 3. The molecule has 1 N–H and O–H groups in total. The summed E-state index contributed by atoms with van der Waals surface area (Å²) in [5, 5.41) is 2.21. The summed E-state index contributed by atoms with van der Waals surface area (Å²) in [5.41, 5.74) is 1.68. The van der Waals surface area contributed by atoms with Crippen molar-refractivity contribution in [1.29, 1.82) is 0 Å². The fourth-order valence-electron chi connectivity index (χ4n) is 3.31. The summed E-state index contributed by atoms with van der Waals surface area (Å²) in [6.07, 6.45) is 1.41. The van der Waals surface area contributed by atoms with Gasteiger partial charge in [-0.05, 0) is 59.7 Å². The molecule has 0 bridgehead atoms. The van der Waals surface area contributed by atoms with Crippen molar-refractivity contribution in [3.05, 3.63) is 92.4 Å². The van der Waals surface area contributed by atoms with Gasteiger partial charge in [-0.1, -0.05) is 56.1 Å². The molecular formula is C25H18Br2N2O5. The van der Waals surface area contributed by atoms with E-state index in [2.05, 4.69) is 37.2 Å². The number of hydrogen-bond donors (Lipinski definition) is 1. The van der Waals surface area contributed by atoms with Crippen LogP contribution in [0.5, 0.6) is 11.5 Å². The van der Waals surface area contributed by atoms with Gasteiger partial charge in [-0.25, -0.2) is 9.69 Å². The molecule has 7 nitrogen and oxygen atoms in total. The van der Waals surface area contributed by atoms with Crippen LogP contribution in [0.2, 0.25) is 0 Å². The number of urea groups is 1. The van der Waals surface area contributed by atoms with Crippen molar-refractivity contribution in [2.75, 3.05) is 12.0 Å². The van der Waals surface area contributed by atoms with Crippen molar-refractivity contribution in [2.45, 2.75) is 6.61 Å². The molecule has 9 heteroatoms. The Bertz CT molecular complexity index is 1300. The highest BCUT2D eigenvalue weighted by molar-refractivity contribution is 9.10. The topological polar surface area (TPSA) is 84.9 Å². The zero-order valence-electron chi connectivity index (χ0n) is 17.9. The van der Waals surface area contributed by atoms with E-state index in [0.29, 0.717) is 33.8 Å². The van der Waals surface area contributed by atoms with Crippen LogP contribution in [0.3, 0.4) is 0 Å². The number of imide groups is 2. The molecule has 0 unspecified atom stereocenters. The van der Waals surface area contributed by atoms with E-state index in [0.717, 1.165) is 14.9 Å². The molecule has 0 atom stereocenters. The molecule has 1 saturated heterocycles. The maximum Gasteiger partial charge on any atom is 0.335 e. The maximum atomic E-state index is 13.1. The summed E-state index contributed by atoms with van der Waals surface area (Å²) in [7, 11) is 1.50. The fraction of sp³-hybridized carbons (Fsp3) is 0.0800. The van der Waals surface area contributed by atoms with Crippen molar-refractivity contribution >= 4 is 61.5 Å². The van der Waals surface area contributed by atoms with Crippen LogP contribution in [0.4, 0.5) is 10.5 Å².